The molecule has 1 aromatic heterocycles. The molecular weight excluding hydrogens is 328 g/mol. The summed E-state index contributed by atoms with van der Waals surface area (Å²) in [5.41, 5.74) is 2.57. The van der Waals surface area contributed by atoms with E-state index in [0.29, 0.717) is 11.7 Å². The standard InChI is InChI=1S/C20H28N4O2/c1-15(2)26-20-19(21-7-8-22-20)23-14-18(24-9-11-25-12-10-24)17-6-4-5-16(3)13-17/h4-8,13,15,18H,9-12,14H2,1-3H3,(H,21,23). The smallest absolute Gasteiger partial charge is 0.257 e. The van der Waals surface area contributed by atoms with Gasteiger partial charge in [0.25, 0.3) is 5.88 Å². The molecule has 1 saturated heterocycles. The molecule has 1 atom stereocenters. The molecule has 1 unspecified atom stereocenters. The molecular formula is C20H28N4O2. The first kappa shape index (κ1) is 18.6. The van der Waals surface area contributed by atoms with Gasteiger partial charge in [-0.3, -0.25) is 4.90 Å². The van der Waals surface area contributed by atoms with Gasteiger partial charge in [-0.25, -0.2) is 9.97 Å². The topological polar surface area (TPSA) is 59.5 Å². The summed E-state index contributed by atoms with van der Waals surface area (Å²) in [6, 6.07) is 8.94. The number of nitrogens with one attached hydrogen (secondary N) is 1. The van der Waals surface area contributed by atoms with Crippen molar-refractivity contribution in [1.82, 2.24) is 14.9 Å². The van der Waals surface area contributed by atoms with Gasteiger partial charge in [-0.15, -0.1) is 0 Å². The summed E-state index contributed by atoms with van der Waals surface area (Å²) in [6.45, 7) is 10.2. The number of rotatable bonds is 7. The van der Waals surface area contributed by atoms with Crippen LogP contribution in [0.1, 0.15) is 31.0 Å². The lowest BCUT2D eigenvalue weighted by Crippen LogP contribution is -2.41. The lowest BCUT2D eigenvalue weighted by molar-refractivity contribution is 0.0186. The van der Waals surface area contributed by atoms with E-state index in [1.807, 2.05) is 13.8 Å². The Morgan fingerprint density at radius 2 is 1.96 bits per heavy atom. The third-order valence-electron chi connectivity index (χ3n) is 4.39. The van der Waals surface area contributed by atoms with Crippen molar-refractivity contribution in [3.05, 3.63) is 47.8 Å². The summed E-state index contributed by atoms with van der Waals surface area (Å²) < 4.78 is 11.3. The minimum atomic E-state index is 0.0547. The molecule has 26 heavy (non-hydrogen) atoms. The highest BCUT2D eigenvalue weighted by Crippen LogP contribution is 2.25. The molecule has 0 aliphatic carbocycles. The van der Waals surface area contributed by atoms with Gasteiger partial charge in [0.2, 0.25) is 0 Å². The number of aryl methyl sites for hydroxylation is 1. The van der Waals surface area contributed by atoms with E-state index in [9.17, 15) is 0 Å². The molecule has 0 amide bonds. The van der Waals surface area contributed by atoms with Crippen LogP contribution in [0.2, 0.25) is 0 Å². The summed E-state index contributed by atoms with van der Waals surface area (Å²) in [7, 11) is 0. The van der Waals surface area contributed by atoms with Crippen LogP contribution in [0.4, 0.5) is 5.82 Å². The van der Waals surface area contributed by atoms with Crippen molar-refractivity contribution in [3.8, 4) is 5.88 Å². The number of aromatic nitrogens is 2. The molecule has 0 radical (unpaired) electrons. The van der Waals surface area contributed by atoms with Crippen molar-refractivity contribution in [2.75, 3.05) is 38.2 Å². The van der Waals surface area contributed by atoms with Gasteiger partial charge in [0, 0.05) is 32.0 Å². The maximum Gasteiger partial charge on any atom is 0.257 e. The van der Waals surface area contributed by atoms with Gasteiger partial charge < -0.3 is 14.8 Å². The number of hydrogen-bond acceptors (Lipinski definition) is 6. The van der Waals surface area contributed by atoms with Gasteiger partial charge in [0.15, 0.2) is 5.82 Å². The second-order valence-corrected chi connectivity index (χ2v) is 6.84. The molecule has 3 rings (SSSR count). The molecule has 1 fully saturated rings. The minimum absolute atomic E-state index is 0.0547. The maximum absolute atomic E-state index is 5.78. The number of morpholine rings is 1. The zero-order valence-electron chi connectivity index (χ0n) is 15.8. The zero-order chi connectivity index (χ0) is 18.4. The normalized spacial score (nSPS) is 16.5. The van der Waals surface area contributed by atoms with E-state index in [-0.39, 0.29) is 12.1 Å². The number of nitrogens with zero attached hydrogens (tertiary/aromatic N) is 3. The summed E-state index contributed by atoms with van der Waals surface area (Å²) in [5.74, 6) is 1.24. The van der Waals surface area contributed by atoms with Gasteiger partial charge in [0.1, 0.15) is 0 Å². The Morgan fingerprint density at radius 1 is 1.19 bits per heavy atom. The van der Waals surface area contributed by atoms with Crippen LogP contribution in [-0.2, 0) is 4.74 Å². The average Bonchev–Trinajstić information content (AvgIpc) is 2.64. The van der Waals surface area contributed by atoms with Crippen LogP contribution < -0.4 is 10.1 Å². The van der Waals surface area contributed by atoms with Crippen molar-refractivity contribution in [2.45, 2.75) is 32.9 Å². The van der Waals surface area contributed by atoms with Crippen molar-refractivity contribution in [1.29, 1.82) is 0 Å². The molecule has 1 aromatic carbocycles. The monoisotopic (exact) mass is 356 g/mol. The Bertz CT molecular complexity index is 702. The van der Waals surface area contributed by atoms with Crippen molar-refractivity contribution < 1.29 is 9.47 Å². The minimum Gasteiger partial charge on any atom is -0.472 e. The second-order valence-electron chi connectivity index (χ2n) is 6.84. The fraction of sp³-hybridized carbons (Fsp3) is 0.500. The van der Waals surface area contributed by atoms with E-state index in [1.165, 1.54) is 11.1 Å². The Balaban J connectivity index is 1.78. The molecule has 6 nitrogen and oxygen atoms in total. The van der Waals surface area contributed by atoms with Crippen LogP contribution in [0.15, 0.2) is 36.7 Å². The summed E-state index contributed by atoms with van der Waals surface area (Å²) in [4.78, 5) is 11.2. The van der Waals surface area contributed by atoms with Crippen LogP contribution >= 0.6 is 0 Å². The fourth-order valence-corrected chi connectivity index (χ4v) is 3.17. The largest absolute Gasteiger partial charge is 0.472 e. The molecule has 1 N–H and O–H groups in total. The number of hydrogen-bond donors (Lipinski definition) is 1. The zero-order valence-corrected chi connectivity index (χ0v) is 15.8. The molecule has 1 aliphatic rings. The maximum atomic E-state index is 5.78. The first-order valence-electron chi connectivity index (χ1n) is 9.23. The molecule has 1 aliphatic heterocycles. The highest BCUT2D eigenvalue weighted by atomic mass is 16.5. The predicted octanol–water partition coefficient (Wildman–Crippen LogP) is 3.06. The Hall–Kier alpha value is -2.18. The Kier molecular flexibility index (Phi) is 6.41. The van der Waals surface area contributed by atoms with E-state index in [1.54, 1.807) is 12.4 Å². The van der Waals surface area contributed by atoms with Crippen LogP contribution in [-0.4, -0.2) is 53.8 Å². The number of ether oxygens (including phenoxy) is 2. The third kappa shape index (κ3) is 4.93. The Labute approximate surface area is 155 Å². The van der Waals surface area contributed by atoms with Crippen LogP contribution in [0.3, 0.4) is 0 Å². The Morgan fingerprint density at radius 3 is 2.69 bits per heavy atom. The van der Waals surface area contributed by atoms with Crippen LogP contribution in [0, 0.1) is 6.92 Å². The van der Waals surface area contributed by atoms with Gasteiger partial charge in [0.05, 0.1) is 25.4 Å². The molecule has 0 saturated carbocycles. The second kappa shape index (κ2) is 8.96. The van der Waals surface area contributed by atoms with Gasteiger partial charge in [-0.2, -0.15) is 0 Å². The number of anilines is 1. The fourth-order valence-electron chi connectivity index (χ4n) is 3.17. The quantitative estimate of drug-likeness (QED) is 0.823. The van der Waals surface area contributed by atoms with E-state index in [0.717, 1.165) is 32.8 Å². The molecule has 0 bridgehead atoms. The van der Waals surface area contributed by atoms with Crippen molar-refractivity contribution in [2.24, 2.45) is 0 Å². The van der Waals surface area contributed by atoms with Gasteiger partial charge >= 0.3 is 0 Å². The molecule has 2 heterocycles. The number of benzene rings is 1. The van der Waals surface area contributed by atoms with Crippen molar-refractivity contribution in [3.63, 3.8) is 0 Å². The van der Waals surface area contributed by atoms with E-state index in [4.69, 9.17) is 9.47 Å². The van der Waals surface area contributed by atoms with E-state index < -0.39 is 0 Å². The summed E-state index contributed by atoms with van der Waals surface area (Å²) in [5, 5.41) is 3.45. The third-order valence-corrected chi connectivity index (χ3v) is 4.39. The summed E-state index contributed by atoms with van der Waals surface area (Å²) in [6.07, 6.45) is 3.40. The van der Waals surface area contributed by atoms with Gasteiger partial charge in [-0.05, 0) is 26.3 Å². The van der Waals surface area contributed by atoms with Gasteiger partial charge in [-0.1, -0.05) is 29.8 Å². The lowest BCUT2D eigenvalue weighted by atomic mass is 10.0. The SMILES string of the molecule is Cc1cccc(C(CNc2nccnc2OC(C)C)N2CCOCC2)c1. The highest BCUT2D eigenvalue weighted by Gasteiger charge is 2.23. The van der Waals surface area contributed by atoms with Crippen molar-refractivity contribution >= 4 is 5.82 Å². The van der Waals surface area contributed by atoms with E-state index >= 15 is 0 Å². The predicted molar refractivity (Wildman–Crippen MR) is 103 cm³/mol. The lowest BCUT2D eigenvalue weighted by Gasteiger charge is -2.35. The molecule has 0 spiro atoms. The molecule has 140 valence electrons. The van der Waals surface area contributed by atoms with Crippen LogP contribution in [0.5, 0.6) is 5.88 Å². The molecule has 2 aromatic rings. The average molecular weight is 356 g/mol. The summed E-state index contributed by atoms with van der Waals surface area (Å²) >= 11 is 0. The first-order valence-corrected chi connectivity index (χ1v) is 9.23. The van der Waals surface area contributed by atoms with Crippen LogP contribution in [0.25, 0.3) is 0 Å². The highest BCUT2D eigenvalue weighted by molar-refractivity contribution is 5.45. The first-order chi connectivity index (χ1) is 12.6. The molecule has 6 heteroatoms. The van der Waals surface area contributed by atoms with E-state index in [2.05, 4.69) is 51.4 Å².